The molecule has 1 saturated carbocycles. The Labute approximate surface area is 88.1 Å². The van der Waals surface area contributed by atoms with E-state index in [0.717, 1.165) is 24.9 Å². The molecule has 0 amide bonds. The summed E-state index contributed by atoms with van der Waals surface area (Å²) >= 11 is 0. The van der Waals surface area contributed by atoms with Crippen LogP contribution in [-0.2, 0) is 0 Å². The van der Waals surface area contributed by atoms with Gasteiger partial charge in [-0.3, -0.25) is 0 Å². The molecule has 2 nitrogen and oxygen atoms in total. The van der Waals surface area contributed by atoms with Crippen LogP contribution in [0.5, 0.6) is 0 Å². The third kappa shape index (κ3) is 4.43. The maximum atomic E-state index is 8.80. The number of aliphatic hydroxyl groups is 1. The summed E-state index contributed by atoms with van der Waals surface area (Å²) in [6.45, 7) is 5.86. The van der Waals surface area contributed by atoms with E-state index < -0.39 is 0 Å². The molecule has 2 N–H and O–H groups in total. The molecule has 2 atom stereocenters. The Morgan fingerprint density at radius 1 is 1.36 bits per heavy atom. The molecule has 2 unspecified atom stereocenters. The van der Waals surface area contributed by atoms with Gasteiger partial charge in [0.2, 0.25) is 0 Å². The van der Waals surface area contributed by atoms with Crippen LogP contribution in [0.1, 0.15) is 46.0 Å². The minimum atomic E-state index is 0.324. The number of nitrogens with one attached hydrogen (secondary N) is 1. The van der Waals surface area contributed by atoms with Gasteiger partial charge >= 0.3 is 0 Å². The molecule has 84 valence electrons. The Hall–Kier alpha value is -0.0800. The fourth-order valence-corrected chi connectivity index (χ4v) is 1.99. The van der Waals surface area contributed by atoms with Gasteiger partial charge in [0.05, 0.1) is 0 Å². The summed E-state index contributed by atoms with van der Waals surface area (Å²) in [5.41, 5.74) is 0. The molecule has 0 heterocycles. The van der Waals surface area contributed by atoms with E-state index in [1.165, 1.54) is 25.7 Å². The summed E-state index contributed by atoms with van der Waals surface area (Å²) in [6, 6.07) is 0.751. The van der Waals surface area contributed by atoms with E-state index in [2.05, 4.69) is 19.2 Å². The number of rotatable bonds is 8. The largest absolute Gasteiger partial charge is 0.396 e. The fourth-order valence-electron chi connectivity index (χ4n) is 1.99. The summed E-state index contributed by atoms with van der Waals surface area (Å²) in [5, 5.41) is 12.5. The van der Waals surface area contributed by atoms with Crippen molar-refractivity contribution >= 4 is 0 Å². The summed E-state index contributed by atoms with van der Waals surface area (Å²) < 4.78 is 0. The van der Waals surface area contributed by atoms with Crippen molar-refractivity contribution in [3.63, 3.8) is 0 Å². The van der Waals surface area contributed by atoms with Gasteiger partial charge in [0.15, 0.2) is 0 Å². The van der Waals surface area contributed by atoms with Gasteiger partial charge in [0, 0.05) is 12.6 Å². The predicted molar refractivity (Wildman–Crippen MR) is 60.3 cm³/mol. The minimum Gasteiger partial charge on any atom is -0.396 e. The van der Waals surface area contributed by atoms with E-state index in [1.807, 2.05) is 0 Å². The molecule has 0 saturated heterocycles. The van der Waals surface area contributed by atoms with Crippen molar-refractivity contribution in [3.8, 4) is 0 Å². The highest BCUT2D eigenvalue weighted by Crippen LogP contribution is 2.34. The van der Waals surface area contributed by atoms with Crippen LogP contribution in [0.4, 0.5) is 0 Å². The normalized spacial score (nSPS) is 20.8. The van der Waals surface area contributed by atoms with Crippen molar-refractivity contribution < 1.29 is 5.11 Å². The van der Waals surface area contributed by atoms with Gasteiger partial charge in [-0.1, -0.05) is 20.3 Å². The molecule has 0 radical (unpaired) electrons. The van der Waals surface area contributed by atoms with Gasteiger partial charge < -0.3 is 10.4 Å². The minimum absolute atomic E-state index is 0.324. The monoisotopic (exact) mass is 199 g/mol. The van der Waals surface area contributed by atoms with Crippen molar-refractivity contribution in [1.29, 1.82) is 0 Å². The molecule has 14 heavy (non-hydrogen) atoms. The second kappa shape index (κ2) is 6.41. The second-order valence-electron chi connectivity index (χ2n) is 4.76. The second-order valence-corrected chi connectivity index (χ2v) is 4.76. The van der Waals surface area contributed by atoms with E-state index in [0.29, 0.717) is 12.5 Å². The van der Waals surface area contributed by atoms with Crippen molar-refractivity contribution in [2.24, 2.45) is 11.8 Å². The van der Waals surface area contributed by atoms with E-state index in [9.17, 15) is 0 Å². The highest BCUT2D eigenvalue weighted by atomic mass is 16.3. The van der Waals surface area contributed by atoms with Crippen LogP contribution in [0.3, 0.4) is 0 Å². The summed E-state index contributed by atoms with van der Waals surface area (Å²) in [6.07, 6.45) is 6.37. The molecular formula is C12H25NO. The quantitative estimate of drug-likeness (QED) is 0.628. The molecule has 0 aromatic heterocycles. The first kappa shape index (κ1) is 12.0. The maximum Gasteiger partial charge on any atom is 0.0434 e. The average molecular weight is 199 g/mol. The molecule has 1 aliphatic rings. The first-order valence-corrected chi connectivity index (χ1v) is 6.12. The lowest BCUT2D eigenvalue weighted by Gasteiger charge is -2.20. The number of aliphatic hydroxyl groups excluding tert-OH is 1. The van der Waals surface area contributed by atoms with Gasteiger partial charge in [-0.05, 0) is 44.1 Å². The Balaban J connectivity index is 2.12. The Kier molecular flexibility index (Phi) is 5.49. The molecule has 2 heteroatoms. The SMILES string of the molecule is CCCC(NCC(C)CCO)C1CC1. The zero-order chi connectivity index (χ0) is 10.4. The molecule has 0 aromatic carbocycles. The smallest absolute Gasteiger partial charge is 0.0434 e. The summed E-state index contributed by atoms with van der Waals surface area (Å²) in [7, 11) is 0. The molecule has 0 bridgehead atoms. The van der Waals surface area contributed by atoms with Crippen molar-refractivity contribution in [3.05, 3.63) is 0 Å². The molecule has 0 spiro atoms. The van der Waals surface area contributed by atoms with E-state index in [4.69, 9.17) is 5.11 Å². The highest BCUT2D eigenvalue weighted by Gasteiger charge is 2.30. The predicted octanol–water partition coefficient (Wildman–Crippen LogP) is 2.17. The first-order valence-electron chi connectivity index (χ1n) is 6.12. The lowest BCUT2D eigenvalue weighted by atomic mass is 10.0. The van der Waals surface area contributed by atoms with Crippen LogP contribution in [0.25, 0.3) is 0 Å². The van der Waals surface area contributed by atoms with E-state index in [1.54, 1.807) is 0 Å². The maximum absolute atomic E-state index is 8.80. The third-order valence-corrected chi connectivity index (χ3v) is 3.14. The van der Waals surface area contributed by atoms with Crippen molar-refractivity contribution in [1.82, 2.24) is 5.32 Å². The Bertz CT molecular complexity index is 145. The van der Waals surface area contributed by atoms with E-state index in [-0.39, 0.29) is 0 Å². The van der Waals surface area contributed by atoms with Crippen LogP contribution in [0, 0.1) is 11.8 Å². The molecule has 1 rings (SSSR count). The molecule has 1 fully saturated rings. The first-order chi connectivity index (χ1) is 6.77. The zero-order valence-corrected chi connectivity index (χ0v) is 9.63. The molecular weight excluding hydrogens is 174 g/mol. The van der Waals surface area contributed by atoms with Crippen LogP contribution < -0.4 is 5.32 Å². The van der Waals surface area contributed by atoms with Crippen LogP contribution in [-0.4, -0.2) is 24.3 Å². The van der Waals surface area contributed by atoms with Gasteiger partial charge in [0.1, 0.15) is 0 Å². The van der Waals surface area contributed by atoms with Gasteiger partial charge in [-0.15, -0.1) is 0 Å². The number of hydrogen-bond donors (Lipinski definition) is 2. The average Bonchev–Trinajstić information content (AvgIpc) is 2.96. The Morgan fingerprint density at radius 2 is 2.07 bits per heavy atom. The van der Waals surface area contributed by atoms with Crippen LogP contribution in [0.2, 0.25) is 0 Å². The van der Waals surface area contributed by atoms with Gasteiger partial charge in [-0.25, -0.2) is 0 Å². The lowest BCUT2D eigenvalue weighted by molar-refractivity contribution is 0.255. The Morgan fingerprint density at radius 3 is 2.57 bits per heavy atom. The lowest BCUT2D eigenvalue weighted by Crippen LogP contribution is -2.34. The van der Waals surface area contributed by atoms with Crippen LogP contribution in [0.15, 0.2) is 0 Å². The molecule has 0 aliphatic heterocycles. The van der Waals surface area contributed by atoms with Crippen molar-refractivity contribution in [2.45, 2.75) is 52.0 Å². The summed E-state index contributed by atoms with van der Waals surface area (Å²) in [4.78, 5) is 0. The topological polar surface area (TPSA) is 32.3 Å². The standard InChI is InChI=1S/C12H25NO/c1-3-4-12(11-5-6-11)13-9-10(2)7-8-14/h10-14H,3-9H2,1-2H3. The summed E-state index contributed by atoms with van der Waals surface area (Å²) in [5.74, 6) is 1.56. The zero-order valence-electron chi connectivity index (χ0n) is 9.63. The number of hydrogen-bond acceptors (Lipinski definition) is 2. The third-order valence-electron chi connectivity index (χ3n) is 3.14. The van der Waals surface area contributed by atoms with Gasteiger partial charge in [0.25, 0.3) is 0 Å². The fraction of sp³-hybridized carbons (Fsp3) is 1.00. The van der Waals surface area contributed by atoms with Crippen molar-refractivity contribution in [2.75, 3.05) is 13.2 Å². The molecule has 1 aliphatic carbocycles. The highest BCUT2D eigenvalue weighted by molar-refractivity contribution is 4.86. The van der Waals surface area contributed by atoms with Gasteiger partial charge in [-0.2, -0.15) is 0 Å². The van der Waals surface area contributed by atoms with Crippen LogP contribution >= 0.6 is 0 Å². The molecule has 0 aromatic rings. The van der Waals surface area contributed by atoms with E-state index >= 15 is 0 Å².